The number of benzene rings is 5. The smallest absolute Gasteiger partial charge is 0.301 e. The van der Waals surface area contributed by atoms with Gasteiger partial charge in [-0.25, -0.2) is 0 Å². The molecule has 0 bridgehead atoms. The van der Waals surface area contributed by atoms with Crippen molar-refractivity contribution >= 4 is 51.3 Å². The molecule has 0 N–H and O–H groups in total. The molecule has 0 atom stereocenters. The van der Waals surface area contributed by atoms with E-state index >= 15 is 0 Å². The van der Waals surface area contributed by atoms with E-state index in [-0.39, 0.29) is 17.5 Å². The number of rotatable bonds is 2. The lowest BCUT2D eigenvalue weighted by molar-refractivity contribution is 0.486. The van der Waals surface area contributed by atoms with Gasteiger partial charge in [0.1, 0.15) is 17.1 Å². The summed E-state index contributed by atoms with van der Waals surface area (Å²) in [6.45, 7) is 13.5. The molecule has 3 heterocycles. The van der Waals surface area contributed by atoms with Crippen LogP contribution in [0.2, 0.25) is 0 Å². The SMILES string of the molecule is CC(C)(C)c1ccc2c(c1)B1c3oc4cc(C(C)(C)C)ccc4c3N(c3ccc4c(c3)CC4)c3cc(-c4ccccc4)cc(c31)O2. The van der Waals surface area contributed by atoms with Crippen LogP contribution in [0.15, 0.2) is 101 Å². The summed E-state index contributed by atoms with van der Waals surface area (Å²) in [5.41, 5.74) is 15.5. The van der Waals surface area contributed by atoms with Crippen LogP contribution in [-0.2, 0) is 23.7 Å². The Bertz CT molecular complexity index is 2210. The van der Waals surface area contributed by atoms with E-state index in [0.29, 0.717) is 0 Å². The molecule has 5 aromatic carbocycles. The van der Waals surface area contributed by atoms with Gasteiger partial charge in [0, 0.05) is 22.2 Å². The maximum Gasteiger partial charge on any atom is 0.301 e. The molecule has 0 spiro atoms. The highest BCUT2D eigenvalue weighted by Crippen LogP contribution is 2.47. The first-order valence-electron chi connectivity index (χ1n) is 16.6. The van der Waals surface area contributed by atoms with Gasteiger partial charge < -0.3 is 14.1 Å². The minimum absolute atomic E-state index is 0.000229. The molecule has 0 unspecified atom stereocenters. The number of fused-ring (bicyclic) bond motifs is 7. The Labute approximate surface area is 271 Å². The van der Waals surface area contributed by atoms with Crippen LogP contribution in [0.4, 0.5) is 17.1 Å². The van der Waals surface area contributed by atoms with E-state index in [1.54, 1.807) is 0 Å². The Morgan fingerprint density at radius 3 is 2.11 bits per heavy atom. The monoisotopic (exact) mass is 599 g/mol. The number of aryl methyl sites for hydroxylation is 2. The topological polar surface area (TPSA) is 25.6 Å². The predicted octanol–water partition coefficient (Wildman–Crippen LogP) is 9.20. The number of anilines is 3. The second-order valence-corrected chi connectivity index (χ2v) is 15.4. The summed E-state index contributed by atoms with van der Waals surface area (Å²) in [6, 6.07) is 35.8. The Morgan fingerprint density at radius 1 is 0.652 bits per heavy atom. The van der Waals surface area contributed by atoms with E-state index in [1.807, 2.05) is 0 Å². The maximum absolute atomic E-state index is 7.10. The highest BCUT2D eigenvalue weighted by molar-refractivity contribution is 6.98. The fourth-order valence-corrected chi connectivity index (χ4v) is 7.55. The number of ether oxygens (including phenoxy) is 1. The van der Waals surface area contributed by atoms with E-state index in [1.165, 1.54) is 44.4 Å². The van der Waals surface area contributed by atoms with Crippen molar-refractivity contribution in [1.29, 1.82) is 0 Å². The average Bonchev–Trinajstić information content (AvgIpc) is 3.39. The predicted molar refractivity (Wildman–Crippen MR) is 192 cm³/mol. The van der Waals surface area contributed by atoms with Crippen LogP contribution < -0.4 is 26.2 Å². The fraction of sp³-hybridized carbons (Fsp3) is 0.238. The van der Waals surface area contributed by atoms with Crippen LogP contribution in [0, 0.1) is 0 Å². The van der Waals surface area contributed by atoms with Crippen LogP contribution in [0.3, 0.4) is 0 Å². The van der Waals surface area contributed by atoms with E-state index in [4.69, 9.17) is 9.15 Å². The molecule has 1 aromatic heterocycles. The summed E-state index contributed by atoms with van der Waals surface area (Å²) < 4.78 is 14.0. The quantitative estimate of drug-likeness (QED) is 0.185. The largest absolute Gasteiger partial charge is 0.468 e. The van der Waals surface area contributed by atoms with Crippen molar-refractivity contribution in [3.05, 3.63) is 119 Å². The minimum atomic E-state index is -0.0933. The van der Waals surface area contributed by atoms with Gasteiger partial charge in [0.05, 0.1) is 11.3 Å². The van der Waals surface area contributed by atoms with Gasteiger partial charge in [0.25, 0.3) is 0 Å². The molecular formula is C42H38BNO2. The Balaban J connectivity index is 1.39. The zero-order valence-corrected chi connectivity index (χ0v) is 27.5. The third-order valence-corrected chi connectivity index (χ3v) is 10.3. The van der Waals surface area contributed by atoms with Crippen molar-refractivity contribution in [3.63, 3.8) is 0 Å². The lowest BCUT2D eigenvalue weighted by Crippen LogP contribution is -2.59. The normalized spacial score (nSPS) is 14.7. The van der Waals surface area contributed by atoms with E-state index in [9.17, 15) is 0 Å². The Hall–Kier alpha value is -4.70. The molecule has 4 heteroatoms. The van der Waals surface area contributed by atoms with Crippen LogP contribution in [0.25, 0.3) is 22.1 Å². The van der Waals surface area contributed by atoms with Crippen LogP contribution >= 0.6 is 0 Å². The summed E-state index contributed by atoms with van der Waals surface area (Å²) in [6.07, 6.45) is 2.29. The van der Waals surface area contributed by atoms with Crippen LogP contribution in [-0.4, -0.2) is 6.71 Å². The molecular weight excluding hydrogens is 561 g/mol. The van der Waals surface area contributed by atoms with Crippen LogP contribution in [0.1, 0.15) is 63.8 Å². The maximum atomic E-state index is 7.10. The molecule has 46 heavy (non-hydrogen) atoms. The molecule has 0 saturated carbocycles. The molecule has 3 aliphatic rings. The lowest BCUT2D eigenvalue weighted by Gasteiger charge is -2.39. The first-order valence-corrected chi connectivity index (χ1v) is 16.6. The highest BCUT2D eigenvalue weighted by atomic mass is 16.5. The minimum Gasteiger partial charge on any atom is -0.468 e. The molecule has 6 aromatic rings. The van der Waals surface area contributed by atoms with E-state index in [2.05, 4.69) is 144 Å². The van der Waals surface area contributed by atoms with Gasteiger partial charge in [-0.1, -0.05) is 96.1 Å². The van der Waals surface area contributed by atoms with E-state index in [0.717, 1.165) is 57.9 Å². The number of hydrogen-bond acceptors (Lipinski definition) is 3. The van der Waals surface area contributed by atoms with Gasteiger partial charge in [-0.15, -0.1) is 0 Å². The van der Waals surface area contributed by atoms with Gasteiger partial charge in [0.2, 0.25) is 0 Å². The van der Waals surface area contributed by atoms with Crippen LogP contribution in [0.5, 0.6) is 11.5 Å². The van der Waals surface area contributed by atoms with Crippen molar-refractivity contribution in [2.75, 3.05) is 4.90 Å². The first-order chi connectivity index (χ1) is 22.0. The molecule has 3 nitrogen and oxygen atoms in total. The van der Waals surface area contributed by atoms with Crippen molar-refractivity contribution < 1.29 is 9.15 Å². The fourth-order valence-electron chi connectivity index (χ4n) is 7.55. The Kier molecular flexibility index (Phi) is 5.65. The third-order valence-electron chi connectivity index (χ3n) is 10.3. The molecule has 0 fully saturated rings. The Morgan fingerprint density at radius 2 is 1.39 bits per heavy atom. The highest BCUT2D eigenvalue weighted by Gasteiger charge is 2.46. The summed E-state index contributed by atoms with van der Waals surface area (Å²) in [7, 11) is 0. The van der Waals surface area contributed by atoms with Crippen molar-refractivity contribution in [1.82, 2.24) is 0 Å². The van der Waals surface area contributed by atoms with Gasteiger partial charge in [-0.3, -0.25) is 0 Å². The second kappa shape index (κ2) is 9.42. The summed E-state index contributed by atoms with van der Waals surface area (Å²) in [5.74, 6) is 1.80. The molecule has 226 valence electrons. The average molecular weight is 600 g/mol. The molecule has 0 radical (unpaired) electrons. The first kappa shape index (κ1) is 27.6. The second-order valence-electron chi connectivity index (χ2n) is 15.4. The molecule has 2 aliphatic heterocycles. The summed E-state index contributed by atoms with van der Waals surface area (Å²) in [4.78, 5) is 2.46. The van der Waals surface area contributed by atoms with E-state index < -0.39 is 0 Å². The molecule has 9 rings (SSSR count). The molecule has 0 saturated heterocycles. The van der Waals surface area contributed by atoms with Crippen molar-refractivity contribution in [3.8, 4) is 22.6 Å². The van der Waals surface area contributed by atoms with Gasteiger partial charge >= 0.3 is 6.71 Å². The number of nitrogens with zero attached hydrogens (tertiary/aromatic N) is 1. The van der Waals surface area contributed by atoms with Crippen molar-refractivity contribution in [2.24, 2.45) is 0 Å². The van der Waals surface area contributed by atoms with Gasteiger partial charge in [0.15, 0.2) is 0 Å². The molecule has 0 amide bonds. The van der Waals surface area contributed by atoms with Gasteiger partial charge in [-0.2, -0.15) is 0 Å². The zero-order valence-electron chi connectivity index (χ0n) is 27.5. The summed E-state index contributed by atoms with van der Waals surface area (Å²) in [5, 5.41) is 1.14. The number of hydrogen-bond donors (Lipinski definition) is 0. The molecule has 1 aliphatic carbocycles. The zero-order chi connectivity index (χ0) is 31.5. The lowest BCUT2D eigenvalue weighted by atomic mass is 9.36. The van der Waals surface area contributed by atoms with Gasteiger partial charge in [-0.05, 0) is 105 Å². The van der Waals surface area contributed by atoms with Crippen molar-refractivity contribution in [2.45, 2.75) is 65.2 Å². The number of furan rings is 1. The summed E-state index contributed by atoms with van der Waals surface area (Å²) >= 11 is 0. The standard InChI is InChI=1S/C42H38BNO2/c1-41(2,3)29-16-19-35-33(23-29)43-38-34(21-28(22-37(38)45-35)25-10-8-7-9-11-25)44(31-17-14-26-12-13-27(26)20-31)39-32-18-15-30(42(4,5)6)24-36(32)46-40(39)43/h7-11,14-24H,12-13H2,1-6H3. The third kappa shape index (κ3) is 4.05.